The minimum atomic E-state index is -0.692. The predicted molar refractivity (Wildman–Crippen MR) is 41.9 cm³/mol. The van der Waals surface area contributed by atoms with Crippen molar-refractivity contribution in [2.24, 2.45) is 0 Å². The topological polar surface area (TPSA) is 64.6 Å². The van der Waals surface area contributed by atoms with Crippen molar-refractivity contribution >= 4 is 19.8 Å². The van der Waals surface area contributed by atoms with E-state index in [9.17, 15) is 9.59 Å². The zero-order chi connectivity index (χ0) is 8.81. The number of rotatable bonds is 2. The van der Waals surface area contributed by atoms with Crippen molar-refractivity contribution in [3.05, 3.63) is 0 Å². The molecule has 0 aromatic heterocycles. The summed E-state index contributed by atoms with van der Waals surface area (Å²) >= 11 is 0. The Morgan fingerprint density at radius 1 is 1.67 bits per heavy atom. The third-order valence-electron chi connectivity index (χ3n) is 1.54. The molecule has 0 aliphatic carbocycles. The minimum Gasteiger partial charge on any atom is -0.413 e. The number of ketones is 1. The lowest BCUT2D eigenvalue weighted by molar-refractivity contribution is -0.135. The highest BCUT2D eigenvalue weighted by Crippen LogP contribution is 1.93. The number of carbonyl (C=O) groups is 2. The zero-order valence-corrected chi connectivity index (χ0v) is 6.62. The van der Waals surface area contributed by atoms with Crippen LogP contribution in [0, 0.1) is 0 Å². The van der Waals surface area contributed by atoms with Crippen molar-refractivity contribution in [2.75, 3.05) is 19.7 Å². The second kappa shape index (κ2) is 5.02. The molecule has 0 aromatic carbocycles. The first kappa shape index (κ1) is 9.37. The van der Waals surface area contributed by atoms with Crippen molar-refractivity contribution in [1.82, 2.24) is 5.32 Å². The Morgan fingerprint density at radius 2 is 2.50 bits per heavy atom. The Hall–Kier alpha value is -0.715. The molecule has 1 heterocycles. The lowest BCUT2D eigenvalue weighted by atomic mass is 10.2. The van der Waals surface area contributed by atoms with Crippen molar-refractivity contribution in [3.8, 4) is 0 Å². The number of hydrogen-bond acceptors (Lipinski definition) is 5. The van der Waals surface area contributed by atoms with Gasteiger partial charge in [0.1, 0.15) is 6.10 Å². The van der Waals surface area contributed by atoms with E-state index >= 15 is 0 Å². The molecule has 12 heavy (non-hydrogen) atoms. The molecular weight excluding hydrogens is 161 g/mol. The fourth-order valence-electron chi connectivity index (χ4n) is 0.884. The molecule has 0 bridgehead atoms. The Bertz CT molecular complexity index is 167. The molecule has 1 fully saturated rings. The molecule has 1 rings (SSSR count). The molecule has 0 radical (unpaired) electrons. The molecule has 1 unspecified atom stereocenters. The van der Waals surface area contributed by atoms with Crippen LogP contribution in [0.2, 0.25) is 0 Å². The number of Topliss-reactive ketones (excluding diaryl/α,β-unsaturated/α-hetero) is 1. The Kier molecular flexibility index (Phi) is 3.92. The van der Waals surface area contributed by atoms with E-state index in [4.69, 9.17) is 9.31 Å². The van der Waals surface area contributed by atoms with E-state index in [2.05, 4.69) is 5.32 Å². The highest BCUT2D eigenvalue weighted by Gasteiger charge is 2.19. The van der Waals surface area contributed by atoms with Gasteiger partial charge in [-0.3, -0.25) is 9.59 Å². The third-order valence-corrected chi connectivity index (χ3v) is 1.54. The van der Waals surface area contributed by atoms with Crippen molar-refractivity contribution in [3.63, 3.8) is 0 Å². The summed E-state index contributed by atoms with van der Waals surface area (Å²) in [5.41, 5.74) is 0. The van der Waals surface area contributed by atoms with Gasteiger partial charge >= 0.3 is 7.69 Å². The Balaban J connectivity index is 2.39. The SMILES string of the molecule is O=CC(=O)C1CNCCOBO1. The highest BCUT2D eigenvalue weighted by molar-refractivity contribution is 6.29. The zero-order valence-electron chi connectivity index (χ0n) is 6.62. The molecule has 0 saturated carbocycles. The number of aldehydes is 1. The molecule has 1 N–H and O–H groups in total. The number of carbonyl (C=O) groups excluding carboxylic acids is 2. The number of hydrogen-bond donors (Lipinski definition) is 1. The molecule has 1 saturated heterocycles. The van der Waals surface area contributed by atoms with Gasteiger partial charge in [-0.25, -0.2) is 0 Å². The Labute approximate surface area is 70.7 Å². The van der Waals surface area contributed by atoms with Crippen LogP contribution < -0.4 is 5.32 Å². The fraction of sp³-hybridized carbons (Fsp3) is 0.667. The molecule has 0 amide bonds. The second-order valence-electron chi connectivity index (χ2n) is 2.41. The first-order valence-electron chi connectivity index (χ1n) is 3.73. The summed E-state index contributed by atoms with van der Waals surface area (Å²) in [6.45, 7) is 1.61. The molecule has 1 atom stereocenters. The van der Waals surface area contributed by atoms with Crippen molar-refractivity contribution in [2.45, 2.75) is 6.10 Å². The minimum absolute atomic E-state index is 0.0753. The second-order valence-corrected chi connectivity index (χ2v) is 2.41. The van der Waals surface area contributed by atoms with Crippen LogP contribution in [-0.2, 0) is 18.9 Å². The monoisotopic (exact) mass is 171 g/mol. The molecule has 0 spiro atoms. The van der Waals surface area contributed by atoms with Gasteiger partial charge in [0.25, 0.3) is 0 Å². The van der Waals surface area contributed by atoms with Gasteiger partial charge < -0.3 is 14.6 Å². The highest BCUT2D eigenvalue weighted by atomic mass is 16.6. The van der Waals surface area contributed by atoms with Gasteiger partial charge in [-0.2, -0.15) is 0 Å². The molecule has 1 aliphatic heterocycles. The maximum Gasteiger partial charge on any atom is 0.438 e. The van der Waals surface area contributed by atoms with Crippen LogP contribution in [0.4, 0.5) is 0 Å². The quantitative estimate of drug-likeness (QED) is 0.296. The maximum absolute atomic E-state index is 10.8. The standard InChI is InChI=1S/C6H10BNO4/c9-4-5(10)6-3-8-1-2-11-7-12-6/h4,6-8H,1-3H2. The first-order valence-corrected chi connectivity index (χ1v) is 3.73. The molecule has 5 nitrogen and oxygen atoms in total. The summed E-state index contributed by atoms with van der Waals surface area (Å²) in [6.07, 6.45) is -0.420. The summed E-state index contributed by atoms with van der Waals surface area (Å²) < 4.78 is 9.92. The van der Waals surface area contributed by atoms with Gasteiger partial charge in [-0.1, -0.05) is 0 Å². The van der Waals surface area contributed by atoms with E-state index in [1.165, 1.54) is 0 Å². The lowest BCUT2D eigenvalue weighted by Gasteiger charge is -2.17. The van der Waals surface area contributed by atoms with Gasteiger partial charge in [0, 0.05) is 19.7 Å². The van der Waals surface area contributed by atoms with E-state index in [-0.39, 0.29) is 14.0 Å². The molecule has 6 heteroatoms. The van der Waals surface area contributed by atoms with Crippen LogP contribution in [0.25, 0.3) is 0 Å². The molecular formula is C6H10BNO4. The smallest absolute Gasteiger partial charge is 0.413 e. The number of nitrogens with one attached hydrogen (secondary N) is 1. The van der Waals surface area contributed by atoms with Crippen molar-refractivity contribution in [1.29, 1.82) is 0 Å². The largest absolute Gasteiger partial charge is 0.438 e. The molecule has 0 aromatic rings. The first-order chi connectivity index (χ1) is 5.84. The molecule has 1 aliphatic rings. The van der Waals surface area contributed by atoms with Gasteiger partial charge in [-0.05, 0) is 0 Å². The Morgan fingerprint density at radius 3 is 3.25 bits per heavy atom. The van der Waals surface area contributed by atoms with E-state index < -0.39 is 11.9 Å². The van der Waals surface area contributed by atoms with Crippen LogP contribution >= 0.6 is 0 Å². The van der Waals surface area contributed by atoms with Gasteiger partial charge in [-0.15, -0.1) is 0 Å². The summed E-state index contributed by atoms with van der Waals surface area (Å²) in [7, 11) is 0.0753. The van der Waals surface area contributed by atoms with E-state index in [0.717, 1.165) is 0 Å². The van der Waals surface area contributed by atoms with Crippen LogP contribution in [-0.4, -0.2) is 45.6 Å². The van der Waals surface area contributed by atoms with E-state index in [1.807, 2.05) is 0 Å². The third kappa shape index (κ3) is 2.73. The van der Waals surface area contributed by atoms with Gasteiger partial charge in [0.05, 0.1) is 0 Å². The van der Waals surface area contributed by atoms with Gasteiger partial charge in [0.2, 0.25) is 5.78 Å². The predicted octanol–water partition coefficient (Wildman–Crippen LogP) is -1.97. The fourth-order valence-corrected chi connectivity index (χ4v) is 0.884. The van der Waals surface area contributed by atoms with Crippen LogP contribution in [0.15, 0.2) is 0 Å². The van der Waals surface area contributed by atoms with Gasteiger partial charge in [0.15, 0.2) is 6.29 Å². The van der Waals surface area contributed by atoms with Crippen LogP contribution in [0.5, 0.6) is 0 Å². The van der Waals surface area contributed by atoms with Crippen LogP contribution in [0.3, 0.4) is 0 Å². The summed E-state index contributed by atoms with van der Waals surface area (Å²) in [6, 6.07) is 0. The van der Waals surface area contributed by atoms with Crippen LogP contribution in [0.1, 0.15) is 0 Å². The average molecular weight is 171 g/mol. The normalized spacial score (nSPS) is 24.8. The van der Waals surface area contributed by atoms with E-state index in [1.54, 1.807) is 0 Å². The van der Waals surface area contributed by atoms with Crippen molar-refractivity contribution < 1.29 is 18.9 Å². The summed E-state index contributed by atoms with van der Waals surface area (Å²) in [4.78, 5) is 20.9. The summed E-state index contributed by atoms with van der Waals surface area (Å²) in [5, 5.41) is 2.92. The average Bonchev–Trinajstić information content (AvgIpc) is 2.02. The van der Waals surface area contributed by atoms with E-state index in [0.29, 0.717) is 19.7 Å². The lowest BCUT2D eigenvalue weighted by Crippen LogP contribution is -2.41. The maximum atomic E-state index is 10.8. The molecule has 66 valence electrons. The summed E-state index contributed by atoms with van der Waals surface area (Å²) in [5.74, 6) is -0.548.